The van der Waals surface area contributed by atoms with Gasteiger partial charge in [0.1, 0.15) is 0 Å². The third-order valence-corrected chi connectivity index (χ3v) is 5.14. The predicted octanol–water partition coefficient (Wildman–Crippen LogP) is 3.77. The molecule has 0 amide bonds. The second kappa shape index (κ2) is 5.72. The molecule has 3 rings (SSSR count). The Hall–Kier alpha value is -1.10. The first-order valence-electron chi connectivity index (χ1n) is 6.84. The summed E-state index contributed by atoms with van der Waals surface area (Å²) < 4.78 is 0. The van der Waals surface area contributed by atoms with E-state index in [9.17, 15) is 0 Å². The molecular formula is C15H18ClN3S. The summed E-state index contributed by atoms with van der Waals surface area (Å²) >= 11 is 7.69. The molecule has 0 radical (unpaired) electrons. The number of hydrogen-bond donors (Lipinski definition) is 1. The number of hydrogen-bond acceptors (Lipinski definition) is 4. The van der Waals surface area contributed by atoms with Crippen LogP contribution in [-0.4, -0.2) is 12.0 Å². The standard InChI is InChI=1S/C15H18ClN3S/c1-19(9-10-5-7-11(16)8-6-10)15-18-14-12(17)3-2-4-13(14)20-15/h5-8,12H,2-4,9,17H2,1H3. The van der Waals surface area contributed by atoms with Crippen LogP contribution in [0.25, 0.3) is 0 Å². The zero-order chi connectivity index (χ0) is 14.1. The summed E-state index contributed by atoms with van der Waals surface area (Å²) in [7, 11) is 2.07. The summed E-state index contributed by atoms with van der Waals surface area (Å²) in [4.78, 5) is 8.28. The van der Waals surface area contributed by atoms with Crippen molar-refractivity contribution >= 4 is 28.1 Å². The Bertz CT molecular complexity index is 594. The minimum absolute atomic E-state index is 0.118. The number of aryl methyl sites for hydroxylation is 1. The Balaban J connectivity index is 1.77. The van der Waals surface area contributed by atoms with Crippen molar-refractivity contribution in [2.24, 2.45) is 5.73 Å². The normalized spacial score (nSPS) is 17.9. The minimum atomic E-state index is 0.118. The van der Waals surface area contributed by atoms with E-state index >= 15 is 0 Å². The van der Waals surface area contributed by atoms with Crippen LogP contribution in [0.15, 0.2) is 24.3 Å². The van der Waals surface area contributed by atoms with Crippen molar-refractivity contribution in [1.29, 1.82) is 0 Å². The van der Waals surface area contributed by atoms with Crippen molar-refractivity contribution in [1.82, 2.24) is 4.98 Å². The van der Waals surface area contributed by atoms with Crippen molar-refractivity contribution in [3.63, 3.8) is 0 Å². The number of fused-ring (bicyclic) bond motifs is 1. The van der Waals surface area contributed by atoms with E-state index in [1.54, 1.807) is 11.3 Å². The highest BCUT2D eigenvalue weighted by Gasteiger charge is 2.22. The smallest absolute Gasteiger partial charge is 0.185 e. The van der Waals surface area contributed by atoms with Gasteiger partial charge in [-0.05, 0) is 37.0 Å². The number of anilines is 1. The number of nitrogens with two attached hydrogens (primary N) is 1. The van der Waals surface area contributed by atoms with Crippen LogP contribution in [0.5, 0.6) is 0 Å². The molecule has 0 fully saturated rings. The topological polar surface area (TPSA) is 42.2 Å². The van der Waals surface area contributed by atoms with Crippen LogP contribution in [0.4, 0.5) is 5.13 Å². The van der Waals surface area contributed by atoms with E-state index in [0.29, 0.717) is 0 Å². The summed E-state index contributed by atoms with van der Waals surface area (Å²) in [6, 6.07) is 8.07. The number of halogens is 1. The molecule has 0 aliphatic heterocycles. The maximum absolute atomic E-state index is 6.14. The van der Waals surface area contributed by atoms with Crippen molar-refractivity contribution in [3.8, 4) is 0 Å². The molecule has 5 heteroatoms. The molecule has 1 heterocycles. The van der Waals surface area contributed by atoms with Crippen LogP contribution >= 0.6 is 22.9 Å². The summed E-state index contributed by atoms with van der Waals surface area (Å²) in [5.74, 6) is 0. The predicted molar refractivity (Wildman–Crippen MR) is 85.5 cm³/mol. The van der Waals surface area contributed by atoms with Crippen LogP contribution < -0.4 is 10.6 Å². The zero-order valence-electron chi connectivity index (χ0n) is 11.5. The number of aromatic nitrogens is 1. The first kappa shape index (κ1) is 13.9. The van der Waals surface area contributed by atoms with Crippen molar-refractivity contribution in [2.75, 3.05) is 11.9 Å². The summed E-state index contributed by atoms with van der Waals surface area (Å²) in [6.07, 6.45) is 3.35. The van der Waals surface area contributed by atoms with Crippen LogP contribution in [-0.2, 0) is 13.0 Å². The lowest BCUT2D eigenvalue weighted by Crippen LogP contribution is -2.18. The Kier molecular flexibility index (Phi) is 3.96. The fraction of sp³-hybridized carbons (Fsp3) is 0.400. The Labute approximate surface area is 128 Å². The quantitative estimate of drug-likeness (QED) is 0.938. The van der Waals surface area contributed by atoms with E-state index in [-0.39, 0.29) is 6.04 Å². The van der Waals surface area contributed by atoms with Gasteiger partial charge in [0.25, 0.3) is 0 Å². The number of nitrogens with zero attached hydrogens (tertiary/aromatic N) is 2. The van der Waals surface area contributed by atoms with Crippen LogP contribution in [0.3, 0.4) is 0 Å². The van der Waals surface area contributed by atoms with Gasteiger partial charge in [-0.2, -0.15) is 0 Å². The highest BCUT2D eigenvalue weighted by Crippen LogP contribution is 2.35. The largest absolute Gasteiger partial charge is 0.347 e. The molecule has 1 aromatic carbocycles. The molecule has 0 saturated heterocycles. The molecule has 1 unspecified atom stereocenters. The molecule has 1 aliphatic carbocycles. The Morgan fingerprint density at radius 3 is 2.85 bits per heavy atom. The van der Waals surface area contributed by atoms with Crippen LogP contribution in [0, 0.1) is 0 Å². The van der Waals surface area contributed by atoms with Crippen LogP contribution in [0.2, 0.25) is 5.02 Å². The molecule has 2 aromatic rings. The van der Waals surface area contributed by atoms with Crippen molar-refractivity contribution in [2.45, 2.75) is 31.8 Å². The van der Waals surface area contributed by atoms with Gasteiger partial charge in [0, 0.05) is 29.5 Å². The molecule has 106 valence electrons. The molecule has 0 spiro atoms. The monoisotopic (exact) mass is 307 g/mol. The fourth-order valence-electron chi connectivity index (χ4n) is 2.53. The molecule has 0 saturated carbocycles. The molecule has 20 heavy (non-hydrogen) atoms. The van der Waals surface area contributed by atoms with Gasteiger partial charge in [-0.1, -0.05) is 23.7 Å². The zero-order valence-corrected chi connectivity index (χ0v) is 13.0. The van der Waals surface area contributed by atoms with Crippen molar-refractivity contribution in [3.05, 3.63) is 45.4 Å². The first-order valence-corrected chi connectivity index (χ1v) is 8.03. The van der Waals surface area contributed by atoms with Gasteiger partial charge in [0.05, 0.1) is 5.69 Å². The lowest BCUT2D eigenvalue weighted by atomic mass is 9.99. The second-order valence-electron chi connectivity index (χ2n) is 5.29. The van der Waals surface area contributed by atoms with Gasteiger partial charge in [-0.15, -0.1) is 11.3 Å². The molecule has 0 bridgehead atoms. The van der Waals surface area contributed by atoms with E-state index in [1.165, 1.54) is 16.9 Å². The fourth-order valence-corrected chi connectivity index (χ4v) is 3.79. The molecule has 3 nitrogen and oxygen atoms in total. The van der Waals surface area contributed by atoms with Crippen LogP contribution in [0.1, 0.15) is 35.0 Å². The van der Waals surface area contributed by atoms with Crippen molar-refractivity contribution < 1.29 is 0 Å². The average Bonchev–Trinajstić information content (AvgIpc) is 2.87. The van der Waals surface area contributed by atoms with E-state index in [2.05, 4.69) is 24.1 Å². The SMILES string of the molecule is CN(Cc1ccc(Cl)cc1)c1nc2c(s1)CCCC2N. The van der Waals surface area contributed by atoms with E-state index in [1.807, 2.05) is 12.1 Å². The Morgan fingerprint density at radius 1 is 1.40 bits per heavy atom. The van der Waals surface area contributed by atoms with E-state index < -0.39 is 0 Å². The second-order valence-corrected chi connectivity index (χ2v) is 6.78. The van der Waals surface area contributed by atoms with Gasteiger partial charge in [0.2, 0.25) is 0 Å². The molecule has 1 atom stereocenters. The number of benzene rings is 1. The lowest BCUT2D eigenvalue weighted by molar-refractivity contribution is 0.563. The highest BCUT2D eigenvalue weighted by atomic mass is 35.5. The Morgan fingerprint density at radius 2 is 2.15 bits per heavy atom. The number of rotatable bonds is 3. The van der Waals surface area contributed by atoms with Gasteiger partial charge in [-0.25, -0.2) is 4.98 Å². The first-order chi connectivity index (χ1) is 9.63. The third kappa shape index (κ3) is 2.82. The summed E-state index contributed by atoms with van der Waals surface area (Å²) in [6.45, 7) is 0.832. The van der Waals surface area contributed by atoms with Gasteiger partial charge >= 0.3 is 0 Å². The van der Waals surface area contributed by atoms with Gasteiger partial charge in [0.15, 0.2) is 5.13 Å². The van der Waals surface area contributed by atoms with Gasteiger partial charge < -0.3 is 10.6 Å². The summed E-state index contributed by atoms with van der Waals surface area (Å²) in [5, 5.41) is 1.83. The molecule has 2 N–H and O–H groups in total. The maximum atomic E-state index is 6.14. The lowest BCUT2D eigenvalue weighted by Gasteiger charge is -2.16. The summed E-state index contributed by atoms with van der Waals surface area (Å²) in [5.41, 5.74) is 8.48. The molecule has 1 aromatic heterocycles. The molecule has 1 aliphatic rings. The maximum Gasteiger partial charge on any atom is 0.185 e. The minimum Gasteiger partial charge on any atom is -0.347 e. The van der Waals surface area contributed by atoms with Gasteiger partial charge in [-0.3, -0.25) is 0 Å². The van der Waals surface area contributed by atoms with E-state index in [0.717, 1.165) is 35.2 Å². The third-order valence-electron chi connectivity index (χ3n) is 3.65. The number of thiazole rings is 1. The average molecular weight is 308 g/mol. The molecular weight excluding hydrogens is 290 g/mol. The van der Waals surface area contributed by atoms with E-state index in [4.69, 9.17) is 22.3 Å². The highest BCUT2D eigenvalue weighted by molar-refractivity contribution is 7.15.